The van der Waals surface area contributed by atoms with Crippen LogP contribution in [0.25, 0.3) is 0 Å². The minimum Gasteiger partial charge on any atom is -0.137 e. The molecule has 1 rings (SSSR count). The van der Waals surface area contributed by atoms with Crippen LogP contribution in [0.5, 0.6) is 0 Å². The summed E-state index contributed by atoms with van der Waals surface area (Å²) >= 11 is 0. The molecule has 1 unspecified atom stereocenters. The van der Waals surface area contributed by atoms with Gasteiger partial charge in [-0.05, 0) is 12.1 Å². The Bertz CT molecular complexity index is 46.1. The fourth-order valence-corrected chi connectivity index (χ4v) is 1.72. The van der Waals surface area contributed by atoms with Crippen LogP contribution in [-0.2, 0) is 0 Å². The van der Waals surface area contributed by atoms with Crippen molar-refractivity contribution in [2.45, 2.75) is 25.7 Å². The number of rotatable bonds is 1. The highest BCUT2D eigenvalue weighted by atomic mass is 31.0. The molecule has 0 saturated heterocycles. The van der Waals surface area contributed by atoms with Gasteiger partial charge in [-0.2, -0.15) is 0 Å². The minimum atomic E-state index is 1.06. The molecular formula is C6H13P. The molecule has 1 atom stereocenters. The summed E-state index contributed by atoms with van der Waals surface area (Å²) in [6, 6.07) is 0. The first-order valence-corrected chi connectivity index (χ1v) is 3.95. The Balaban J connectivity index is 2.14. The molecule has 0 heterocycles. The fraction of sp³-hybridized carbons (Fsp3) is 1.00. The first-order valence-electron chi connectivity index (χ1n) is 3.13. The van der Waals surface area contributed by atoms with Gasteiger partial charge in [0.15, 0.2) is 0 Å². The summed E-state index contributed by atoms with van der Waals surface area (Å²) in [7, 11) is 2.82. The van der Waals surface area contributed by atoms with E-state index in [0.717, 1.165) is 5.92 Å². The maximum Gasteiger partial charge on any atom is -0.0353 e. The van der Waals surface area contributed by atoms with Crippen molar-refractivity contribution in [1.82, 2.24) is 0 Å². The third kappa shape index (κ3) is 1.42. The van der Waals surface area contributed by atoms with Gasteiger partial charge >= 0.3 is 0 Å². The minimum absolute atomic E-state index is 1.06. The topological polar surface area (TPSA) is 0 Å². The molecule has 0 amide bonds. The van der Waals surface area contributed by atoms with Crippen molar-refractivity contribution in [3.05, 3.63) is 0 Å². The standard InChI is InChI=1S/C6H13P/c7-5-6-3-1-2-4-6/h6H,1-5,7H2. The van der Waals surface area contributed by atoms with Crippen LogP contribution in [0.3, 0.4) is 0 Å². The van der Waals surface area contributed by atoms with E-state index in [1.54, 1.807) is 0 Å². The van der Waals surface area contributed by atoms with Crippen LogP contribution >= 0.6 is 9.24 Å². The lowest BCUT2D eigenvalue weighted by Gasteiger charge is -1.99. The average Bonchev–Trinajstić information content (AvgIpc) is 2.14. The Morgan fingerprint density at radius 3 is 2.14 bits per heavy atom. The van der Waals surface area contributed by atoms with Crippen LogP contribution < -0.4 is 0 Å². The van der Waals surface area contributed by atoms with Crippen molar-refractivity contribution in [2.75, 3.05) is 6.16 Å². The normalized spacial score (nSPS) is 23.6. The van der Waals surface area contributed by atoms with Crippen molar-refractivity contribution in [3.8, 4) is 0 Å². The third-order valence-electron chi connectivity index (χ3n) is 1.81. The second-order valence-corrected chi connectivity index (χ2v) is 2.86. The van der Waals surface area contributed by atoms with E-state index in [0.29, 0.717) is 0 Å². The average molecular weight is 116 g/mol. The van der Waals surface area contributed by atoms with E-state index in [1.807, 2.05) is 0 Å². The molecule has 1 fully saturated rings. The Labute approximate surface area is 47.9 Å². The highest BCUT2D eigenvalue weighted by Gasteiger charge is 2.11. The monoisotopic (exact) mass is 116 g/mol. The van der Waals surface area contributed by atoms with Crippen molar-refractivity contribution < 1.29 is 0 Å². The number of hydrogen-bond acceptors (Lipinski definition) is 0. The molecule has 1 saturated carbocycles. The molecule has 42 valence electrons. The Morgan fingerprint density at radius 1 is 1.29 bits per heavy atom. The summed E-state index contributed by atoms with van der Waals surface area (Å²) < 4.78 is 0. The summed E-state index contributed by atoms with van der Waals surface area (Å²) in [5.74, 6) is 1.06. The van der Waals surface area contributed by atoms with Crippen LogP contribution in [0.15, 0.2) is 0 Å². The summed E-state index contributed by atoms with van der Waals surface area (Å²) in [6.45, 7) is 0. The molecule has 7 heavy (non-hydrogen) atoms. The Kier molecular flexibility index (Phi) is 2.12. The van der Waals surface area contributed by atoms with Crippen LogP contribution in [0.2, 0.25) is 0 Å². The lowest BCUT2D eigenvalue weighted by Crippen LogP contribution is -1.91. The summed E-state index contributed by atoms with van der Waals surface area (Å²) in [6.07, 6.45) is 7.28. The SMILES string of the molecule is PCC1CCCC1. The molecule has 0 aromatic heterocycles. The molecule has 0 nitrogen and oxygen atoms in total. The molecule has 0 radical (unpaired) electrons. The van der Waals surface area contributed by atoms with Gasteiger partial charge in [-0.1, -0.05) is 25.7 Å². The molecule has 1 heteroatoms. The van der Waals surface area contributed by atoms with Gasteiger partial charge < -0.3 is 0 Å². The summed E-state index contributed by atoms with van der Waals surface area (Å²) in [4.78, 5) is 0. The molecule has 0 bridgehead atoms. The van der Waals surface area contributed by atoms with Crippen LogP contribution in [-0.4, -0.2) is 6.16 Å². The van der Waals surface area contributed by atoms with Gasteiger partial charge in [-0.15, -0.1) is 9.24 Å². The zero-order chi connectivity index (χ0) is 5.11. The van der Waals surface area contributed by atoms with Crippen LogP contribution in [0.4, 0.5) is 0 Å². The Hall–Kier alpha value is 0.430. The number of hydrogen-bond donors (Lipinski definition) is 0. The van der Waals surface area contributed by atoms with Gasteiger partial charge in [0, 0.05) is 0 Å². The predicted octanol–water partition coefficient (Wildman–Crippen LogP) is 2.05. The van der Waals surface area contributed by atoms with Crippen molar-refractivity contribution in [1.29, 1.82) is 0 Å². The zero-order valence-electron chi connectivity index (χ0n) is 4.69. The van der Waals surface area contributed by atoms with Crippen molar-refractivity contribution >= 4 is 9.24 Å². The van der Waals surface area contributed by atoms with Gasteiger partial charge in [0.1, 0.15) is 0 Å². The molecule has 0 aromatic rings. The molecule has 1 aliphatic carbocycles. The van der Waals surface area contributed by atoms with Crippen LogP contribution in [0.1, 0.15) is 25.7 Å². The first-order chi connectivity index (χ1) is 3.43. The maximum absolute atomic E-state index is 2.82. The maximum atomic E-state index is 2.82. The van der Waals surface area contributed by atoms with Crippen molar-refractivity contribution in [3.63, 3.8) is 0 Å². The quantitative estimate of drug-likeness (QED) is 0.460. The first kappa shape index (κ1) is 5.56. The Morgan fingerprint density at radius 2 is 1.86 bits per heavy atom. The van der Waals surface area contributed by atoms with E-state index >= 15 is 0 Å². The van der Waals surface area contributed by atoms with Crippen molar-refractivity contribution in [2.24, 2.45) is 5.92 Å². The lowest BCUT2D eigenvalue weighted by molar-refractivity contribution is 0.623. The fourth-order valence-electron chi connectivity index (χ4n) is 1.25. The highest BCUT2D eigenvalue weighted by Crippen LogP contribution is 2.25. The summed E-state index contributed by atoms with van der Waals surface area (Å²) in [5.41, 5.74) is 0. The van der Waals surface area contributed by atoms with Gasteiger partial charge in [-0.25, -0.2) is 0 Å². The van der Waals surface area contributed by atoms with E-state index in [4.69, 9.17) is 0 Å². The largest absolute Gasteiger partial charge is 0.137 e. The van der Waals surface area contributed by atoms with Gasteiger partial charge in [0.25, 0.3) is 0 Å². The second-order valence-electron chi connectivity index (χ2n) is 2.39. The van der Waals surface area contributed by atoms with E-state index in [9.17, 15) is 0 Å². The van der Waals surface area contributed by atoms with E-state index in [2.05, 4.69) is 9.24 Å². The molecule has 0 aliphatic heterocycles. The van der Waals surface area contributed by atoms with Gasteiger partial charge in [0.05, 0.1) is 0 Å². The smallest absolute Gasteiger partial charge is 0.0353 e. The molecule has 0 N–H and O–H groups in total. The van der Waals surface area contributed by atoms with E-state index < -0.39 is 0 Å². The molecular weight excluding hydrogens is 103 g/mol. The molecule has 0 spiro atoms. The molecule has 0 aromatic carbocycles. The zero-order valence-corrected chi connectivity index (χ0v) is 5.84. The van der Waals surface area contributed by atoms with E-state index in [-0.39, 0.29) is 0 Å². The summed E-state index contributed by atoms with van der Waals surface area (Å²) in [5, 5.41) is 0. The second kappa shape index (κ2) is 2.67. The lowest BCUT2D eigenvalue weighted by atomic mass is 10.1. The van der Waals surface area contributed by atoms with E-state index in [1.165, 1.54) is 31.8 Å². The van der Waals surface area contributed by atoms with Gasteiger partial charge in [0.2, 0.25) is 0 Å². The molecule has 1 aliphatic rings. The van der Waals surface area contributed by atoms with Crippen LogP contribution in [0, 0.1) is 5.92 Å². The third-order valence-corrected chi connectivity index (χ3v) is 2.47. The highest BCUT2D eigenvalue weighted by molar-refractivity contribution is 7.16. The van der Waals surface area contributed by atoms with Gasteiger partial charge in [-0.3, -0.25) is 0 Å². The predicted molar refractivity (Wildman–Crippen MR) is 36.5 cm³/mol.